The second-order valence-electron chi connectivity index (χ2n) is 4.55. The fourth-order valence-corrected chi connectivity index (χ4v) is 2.48. The molecule has 0 saturated carbocycles. The summed E-state index contributed by atoms with van der Waals surface area (Å²) in [6.07, 6.45) is 0.472. The molecule has 1 N–H and O–H groups in total. The van der Waals surface area contributed by atoms with Crippen molar-refractivity contribution in [3.05, 3.63) is 17.7 Å². The minimum atomic E-state index is 0.0412. The Labute approximate surface area is 106 Å². The van der Waals surface area contributed by atoms with Crippen molar-refractivity contribution in [2.24, 2.45) is 0 Å². The van der Waals surface area contributed by atoms with E-state index in [4.69, 9.17) is 9.47 Å². The molecule has 1 atom stereocenters. The molecule has 0 spiro atoms. The van der Waals surface area contributed by atoms with Gasteiger partial charge in [-0.1, -0.05) is 0 Å². The molecular weight excluding hydrogens is 232 g/mol. The van der Waals surface area contributed by atoms with Crippen molar-refractivity contribution in [2.45, 2.75) is 12.5 Å². The van der Waals surface area contributed by atoms with Crippen LogP contribution in [0.25, 0.3) is 0 Å². The van der Waals surface area contributed by atoms with Gasteiger partial charge in [-0.05, 0) is 18.7 Å². The van der Waals surface area contributed by atoms with E-state index >= 15 is 0 Å². The summed E-state index contributed by atoms with van der Waals surface area (Å²) in [5, 5.41) is 3.17. The number of nitrogens with zero attached hydrogens (tertiary/aromatic N) is 1. The zero-order chi connectivity index (χ0) is 12.7. The Balaban J connectivity index is 2.12. The van der Waals surface area contributed by atoms with Crippen molar-refractivity contribution in [2.75, 3.05) is 32.2 Å². The van der Waals surface area contributed by atoms with Crippen LogP contribution in [0.2, 0.25) is 0 Å². The Kier molecular flexibility index (Phi) is 2.63. The van der Waals surface area contributed by atoms with Crippen LogP contribution >= 0.6 is 0 Å². The maximum Gasteiger partial charge on any atom is 0.228 e. The highest BCUT2D eigenvalue weighted by Crippen LogP contribution is 2.42. The van der Waals surface area contributed by atoms with Gasteiger partial charge >= 0.3 is 0 Å². The van der Waals surface area contributed by atoms with E-state index in [1.807, 2.05) is 19.2 Å². The largest absolute Gasteiger partial charge is 0.486 e. The zero-order valence-corrected chi connectivity index (χ0v) is 10.5. The lowest BCUT2D eigenvalue weighted by atomic mass is 9.95. The van der Waals surface area contributed by atoms with Crippen LogP contribution in [0.5, 0.6) is 11.5 Å². The molecule has 2 heterocycles. The highest BCUT2D eigenvalue weighted by atomic mass is 16.6. The summed E-state index contributed by atoms with van der Waals surface area (Å²) >= 11 is 0. The summed E-state index contributed by atoms with van der Waals surface area (Å²) in [6.45, 7) is 1.13. The monoisotopic (exact) mass is 248 g/mol. The second-order valence-corrected chi connectivity index (χ2v) is 4.55. The number of benzene rings is 1. The first-order valence-electron chi connectivity index (χ1n) is 6.08. The Morgan fingerprint density at radius 1 is 1.28 bits per heavy atom. The standard InChI is InChI=1S/C13H16N2O3/c1-14-9-6-13(16)15(2)10-7-12-11(5-8(9)10)17-3-4-18-12/h5,7,9,14H,3-4,6H2,1-2H3. The van der Waals surface area contributed by atoms with Crippen LogP contribution in [0, 0.1) is 0 Å². The molecule has 1 aromatic carbocycles. The van der Waals surface area contributed by atoms with Crippen LogP contribution in [0.1, 0.15) is 18.0 Å². The molecule has 0 aliphatic carbocycles. The molecule has 3 rings (SSSR count). The number of fused-ring (bicyclic) bond motifs is 2. The van der Waals surface area contributed by atoms with Gasteiger partial charge in [-0.2, -0.15) is 0 Å². The van der Waals surface area contributed by atoms with Crippen LogP contribution in [0.4, 0.5) is 5.69 Å². The molecule has 0 bridgehead atoms. The average molecular weight is 248 g/mol. The molecule has 2 aliphatic heterocycles. The average Bonchev–Trinajstić information content (AvgIpc) is 2.41. The van der Waals surface area contributed by atoms with Gasteiger partial charge in [-0.25, -0.2) is 0 Å². The lowest BCUT2D eigenvalue weighted by molar-refractivity contribution is -0.119. The Hall–Kier alpha value is -1.75. The molecular formula is C13H16N2O3. The van der Waals surface area contributed by atoms with Gasteiger partial charge < -0.3 is 19.7 Å². The number of amides is 1. The van der Waals surface area contributed by atoms with E-state index in [1.54, 1.807) is 11.9 Å². The minimum absolute atomic E-state index is 0.0412. The molecule has 96 valence electrons. The lowest BCUT2D eigenvalue weighted by Gasteiger charge is -2.33. The fraction of sp³-hybridized carbons (Fsp3) is 0.462. The fourth-order valence-electron chi connectivity index (χ4n) is 2.48. The molecule has 2 aliphatic rings. The number of hydrogen-bond acceptors (Lipinski definition) is 4. The molecule has 1 amide bonds. The van der Waals surface area contributed by atoms with E-state index in [0.29, 0.717) is 19.6 Å². The van der Waals surface area contributed by atoms with Gasteiger partial charge in [0.1, 0.15) is 13.2 Å². The number of carbonyl (C=O) groups is 1. The smallest absolute Gasteiger partial charge is 0.228 e. The van der Waals surface area contributed by atoms with E-state index in [2.05, 4.69) is 5.32 Å². The SMILES string of the molecule is CNC1CC(=O)N(C)c2cc3c(cc21)OCCO3. The molecule has 1 unspecified atom stereocenters. The van der Waals surface area contributed by atoms with E-state index in [0.717, 1.165) is 22.7 Å². The van der Waals surface area contributed by atoms with Crippen molar-refractivity contribution in [3.8, 4) is 11.5 Å². The Morgan fingerprint density at radius 2 is 1.94 bits per heavy atom. The van der Waals surface area contributed by atoms with Gasteiger partial charge in [0.15, 0.2) is 11.5 Å². The van der Waals surface area contributed by atoms with Gasteiger partial charge in [0.05, 0.1) is 5.69 Å². The first kappa shape index (κ1) is 11.3. The quantitative estimate of drug-likeness (QED) is 0.808. The zero-order valence-electron chi connectivity index (χ0n) is 10.5. The number of nitrogens with one attached hydrogen (secondary N) is 1. The highest BCUT2D eigenvalue weighted by molar-refractivity contribution is 5.97. The van der Waals surface area contributed by atoms with Crippen LogP contribution in [0.3, 0.4) is 0 Å². The summed E-state index contributed by atoms with van der Waals surface area (Å²) in [5.74, 6) is 1.60. The number of carbonyl (C=O) groups excluding carboxylic acids is 1. The van der Waals surface area contributed by atoms with Crippen molar-refractivity contribution in [3.63, 3.8) is 0 Å². The van der Waals surface area contributed by atoms with Crippen molar-refractivity contribution >= 4 is 11.6 Å². The third-order valence-electron chi connectivity index (χ3n) is 3.53. The summed E-state index contributed by atoms with van der Waals surface area (Å²) in [5.41, 5.74) is 1.98. The van der Waals surface area contributed by atoms with Gasteiger partial charge in [-0.3, -0.25) is 4.79 Å². The van der Waals surface area contributed by atoms with Crippen LogP contribution in [0.15, 0.2) is 12.1 Å². The Morgan fingerprint density at radius 3 is 2.61 bits per heavy atom. The highest BCUT2D eigenvalue weighted by Gasteiger charge is 2.30. The van der Waals surface area contributed by atoms with Gasteiger partial charge in [0, 0.05) is 25.6 Å². The van der Waals surface area contributed by atoms with Crippen molar-refractivity contribution in [1.82, 2.24) is 5.32 Å². The topological polar surface area (TPSA) is 50.8 Å². The number of anilines is 1. The molecule has 0 radical (unpaired) electrons. The lowest BCUT2D eigenvalue weighted by Crippen LogP contribution is -2.37. The van der Waals surface area contributed by atoms with Gasteiger partial charge in [0.2, 0.25) is 5.91 Å². The van der Waals surface area contributed by atoms with Crippen LogP contribution in [-0.4, -0.2) is 33.2 Å². The second kappa shape index (κ2) is 4.17. The van der Waals surface area contributed by atoms with Crippen molar-refractivity contribution < 1.29 is 14.3 Å². The predicted octanol–water partition coefficient (Wildman–Crippen LogP) is 1.08. The van der Waals surface area contributed by atoms with Gasteiger partial charge in [0.25, 0.3) is 0 Å². The van der Waals surface area contributed by atoms with E-state index in [-0.39, 0.29) is 11.9 Å². The number of ether oxygens (including phenoxy) is 2. The third-order valence-corrected chi connectivity index (χ3v) is 3.53. The van der Waals surface area contributed by atoms with E-state index < -0.39 is 0 Å². The molecule has 0 saturated heterocycles. The van der Waals surface area contributed by atoms with Crippen molar-refractivity contribution in [1.29, 1.82) is 0 Å². The molecule has 18 heavy (non-hydrogen) atoms. The predicted molar refractivity (Wildman–Crippen MR) is 67.3 cm³/mol. The first-order valence-corrected chi connectivity index (χ1v) is 6.08. The Bertz CT molecular complexity index is 501. The first-order chi connectivity index (χ1) is 8.70. The molecule has 1 aromatic rings. The van der Waals surface area contributed by atoms with E-state index in [1.165, 1.54) is 0 Å². The maximum atomic E-state index is 11.9. The maximum absolute atomic E-state index is 11.9. The molecule has 5 nitrogen and oxygen atoms in total. The molecule has 5 heteroatoms. The summed E-state index contributed by atoms with van der Waals surface area (Å²) in [6, 6.07) is 3.92. The summed E-state index contributed by atoms with van der Waals surface area (Å²) in [4.78, 5) is 13.6. The summed E-state index contributed by atoms with van der Waals surface area (Å²) in [7, 11) is 3.66. The molecule has 0 aromatic heterocycles. The van der Waals surface area contributed by atoms with Crippen LogP contribution < -0.4 is 19.7 Å². The normalized spacial score (nSPS) is 21.8. The summed E-state index contributed by atoms with van der Waals surface area (Å²) < 4.78 is 11.1. The third kappa shape index (κ3) is 1.62. The van der Waals surface area contributed by atoms with Crippen LogP contribution in [-0.2, 0) is 4.79 Å². The molecule has 0 fully saturated rings. The minimum Gasteiger partial charge on any atom is -0.486 e. The van der Waals surface area contributed by atoms with E-state index in [9.17, 15) is 4.79 Å². The number of hydrogen-bond donors (Lipinski definition) is 1. The number of rotatable bonds is 1. The van der Waals surface area contributed by atoms with Gasteiger partial charge in [-0.15, -0.1) is 0 Å².